The SMILES string of the molecule is CC1(CNC(=O)C2(C(N)=S)CCC2)CCCC1. The first kappa shape index (κ1) is 12.8. The normalized spacial score (nSPS) is 25.0. The molecule has 96 valence electrons. The van der Waals surface area contributed by atoms with E-state index in [4.69, 9.17) is 18.0 Å². The van der Waals surface area contributed by atoms with Crippen LogP contribution in [0, 0.1) is 10.8 Å². The van der Waals surface area contributed by atoms with Gasteiger partial charge in [0.2, 0.25) is 5.91 Å². The van der Waals surface area contributed by atoms with Crippen LogP contribution in [-0.4, -0.2) is 17.4 Å². The lowest BCUT2D eigenvalue weighted by Crippen LogP contribution is -2.54. The van der Waals surface area contributed by atoms with E-state index in [9.17, 15) is 4.79 Å². The Morgan fingerprint density at radius 3 is 2.24 bits per heavy atom. The fourth-order valence-corrected chi connectivity index (χ4v) is 3.28. The van der Waals surface area contributed by atoms with Crippen molar-refractivity contribution in [3.05, 3.63) is 0 Å². The standard InChI is InChI=1S/C13H22N2OS/c1-12(5-2-3-6-12)9-15-11(16)13(10(14)17)7-4-8-13/h2-9H2,1H3,(H2,14,17)(H,15,16). The van der Waals surface area contributed by atoms with Crippen LogP contribution in [0.3, 0.4) is 0 Å². The van der Waals surface area contributed by atoms with Gasteiger partial charge < -0.3 is 11.1 Å². The maximum atomic E-state index is 12.2. The Hall–Kier alpha value is -0.640. The highest BCUT2D eigenvalue weighted by atomic mass is 32.1. The number of amides is 1. The number of nitrogens with two attached hydrogens (primary N) is 1. The van der Waals surface area contributed by atoms with E-state index in [0.29, 0.717) is 4.99 Å². The molecular weight excluding hydrogens is 232 g/mol. The molecule has 2 aliphatic carbocycles. The van der Waals surface area contributed by atoms with Gasteiger partial charge in [0, 0.05) is 6.54 Å². The number of thiocarbonyl (C=S) groups is 1. The predicted molar refractivity (Wildman–Crippen MR) is 72.7 cm³/mol. The Morgan fingerprint density at radius 2 is 1.82 bits per heavy atom. The van der Waals surface area contributed by atoms with Crippen LogP contribution in [-0.2, 0) is 4.79 Å². The van der Waals surface area contributed by atoms with E-state index in [2.05, 4.69) is 12.2 Å². The number of hydrogen-bond donors (Lipinski definition) is 2. The van der Waals surface area contributed by atoms with E-state index >= 15 is 0 Å². The molecule has 2 fully saturated rings. The molecule has 0 aromatic carbocycles. The van der Waals surface area contributed by atoms with Crippen LogP contribution in [0.15, 0.2) is 0 Å². The molecule has 17 heavy (non-hydrogen) atoms. The van der Waals surface area contributed by atoms with E-state index in [0.717, 1.165) is 25.8 Å². The molecule has 4 heteroatoms. The minimum Gasteiger partial charge on any atom is -0.392 e. The van der Waals surface area contributed by atoms with Crippen LogP contribution < -0.4 is 11.1 Å². The van der Waals surface area contributed by atoms with Crippen molar-refractivity contribution < 1.29 is 4.79 Å². The number of nitrogens with one attached hydrogen (secondary N) is 1. The summed E-state index contributed by atoms with van der Waals surface area (Å²) >= 11 is 5.05. The maximum absolute atomic E-state index is 12.2. The smallest absolute Gasteiger partial charge is 0.233 e. The Morgan fingerprint density at radius 1 is 1.24 bits per heavy atom. The van der Waals surface area contributed by atoms with Crippen molar-refractivity contribution in [3.8, 4) is 0 Å². The van der Waals surface area contributed by atoms with Crippen molar-refractivity contribution >= 4 is 23.1 Å². The van der Waals surface area contributed by atoms with Crippen molar-refractivity contribution in [2.45, 2.75) is 51.9 Å². The van der Waals surface area contributed by atoms with Crippen molar-refractivity contribution in [2.75, 3.05) is 6.54 Å². The molecular formula is C13H22N2OS. The Bertz CT molecular complexity index is 330. The molecule has 2 aliphatic rings. The Labute approximate surface area is 109 Å². The minimum atomic E-state index is -0.524. The number of rotatable bonds is 4. The van der Waals surface area contributed by atoms with Gasteiger partial charge in [-0.1, -0.05) is 38.4 Å². The van der Waals surface area contributed by atoms with Crippen LogP contribution in [0.1, 0.15) is 51.9 Å². The Kier molecular flexibility index (Phi) is 3.43. The van der Waals surface area contributed by atoms with Crippen LogP contribution in [0.4, 0.5) is 0 Å². The number of hydrogen-bond acceptors (Lipinski definition) is 2. The summed E-state index contributed by atoms with van der Waals surface area (Å²) in [6, 6.07) is 0. The zero-order valence-corrected chi connectivity index (χ0v) is 11.4. The topological polar surface area (TPSA) is 55.1 Å². The molecule has 0 saturated heterocycles. The van der Waals surface area contributed by atoms with E-state index in [-0.39, 0.29) is 11.3 Å². The second-order valence-corrected chi connectivity index (χ2v) is 6.44. The molecule has 2 saturated carbocycles. The lowest BCUT2D eigenvalue weighted by atomic mass is 9.68. The van der Waals surface area contributed by atoms with Gasteiger partial charge in [0.1, 0.15) is 0 Å². The van der Waals surface area contributed by atoms with Crippen LogP contribution >= 0.6 is 12.2 Å². The van der Waals surface area contributed by atoms with Gasteiger partial charge in [-0.2, -0.15) is 0 Å². The lowest BCUT2D eigenvalue weighted by molar-refractivity contribution is -0.131. The first-order valence-corrected chi connectivity index (χ1v) is 6.98. The highest BCUT2D eigenvalue weighted by Crippen LogP contribution is 2.42. The van der Waals surface area contributed by atoms with Crippen LogP contribution in [0.25, 0.3) is 0 Å². The summed E-state index contributed by atoms with van der Waals surface area (Å²) in [5.74, 6) is 0.0596. The predicted octanol–water partition coefficient (Wildman–Crippen LogP) is 2.14. The summed E-state index contributed by atoms with van der Waals surface area (Å²) in [7, 11) is 0. The molecule has 3 N–H and O–H groups in total. The first-order valence-electron chi connectivity index (χ1n) is 6.57. The van der Waals surface area contributed by atoms with Gasteiger partial charge in [0.05, 0.1) is 10.4 Å². The van der Waals surface area contributed by atoms with Gasteiger partial charge in [-0.25, -0.2) is 0 Å². The molecule has 0 spiro atoms. The van der Waals surface area contributed by atoms with Crippen molar-refractivity contribution in [3.63, 3.8) is 0 Å². The molecule has 0 bridgehead atoms. The second-order valence-electron chi connectivity index (χ2n) is 6.00. The molecule has 0 aromatic rings. The largest absolute Gasteiger partial charge is 0.392 e. The third-order valence-electron chi connectivity index (χ3n) is 4.60. The molecule has 0 radical (unpaired) electrons. The monoisotopic (exact) mass is 254 g/mol. The van der Waals surface area contributed by atoms with Gasteiger partial charge in [0.15, 0.2) is 0 Å². The molecule has 2 rings (SSSR count). The van der Waals surface area contributed by atoms with Crippen molar-refractivity contribution in [1.29, 1.82) is 0 Å². The zero-order valence-electron chi connectivity index (χ0n) is 10.6. The van der Waals surface area contributed by atoms with Gasteiger partial charge >= 0.3 is 0 Å². The van der Waals surface area contributed by atoms with Gasteiger partial charge in [-0.3, -0.25) is 4.79 Å². The van der Waals surface area contributed by atoms with Crippen LogP contribution in [0.5, 0.6) is 0 Å². The fourth-order valence-electron chi connectivity index (χ4n) is 2.98. The summed E-state index contributed by atoms with van der Waals surface area (Å²) in [5, 5.41) is 3.08. The summed E-state index contributed by atoms with van der Waals surface area (Å²) < 4.78 is 0. The van der Waals surface area contributed by atoms with Crippen molar-refractivity contribution in [2.24, 2.45) is 16.6 Å². The minimum absolute atomic E-state index is 0.0596. The van der Waals surface area contributed by atoms with Gasteiger partial charge in [-0.05, 0) is 31.1 Å². The first-order chi connectivity index (χ1) is 7.99. The van der Waals surface area contributed by atoms with Gasteiger partial charge in [0.25, 0.3) is 0 Å². The van der Waals surface area contributed by atoms with E-state index in [1.807, 2.05) is 0 Å². The molecule has 0 heterocycles. The second kappa shape index (κ2) is 4.56. The molecule has 3 nitrogen and oxygen atoms in total. The molecule has 0 unspecified atom stereocenters. The number of carbonyl (C=O) groups is 1. The van der Waals surface area contributed by atoms with Crippen LogP contribution in [0.2, 0.25) is 0 Å². The molecule has 0 aromatic heterocycles. The summed E-state index contributed by atoms with van der Waals surface area (Å²) in [6.07, 6.45) is 7.71. The third kappa shape index (κ3) is 2.32. The average molecular weight is 254 g/mol. The average Bonchev–Trinajstić information content (AvgIpc) is 2.60. The quantitative estimate of drug-likeness (QED) is 0.756. The maximum Gasteiger partial charge on any atom is 0.233 e. The lowest BCUT2D eigenvalue weighted by Gasteiger charge is -2.40. The Balaban J connectivity index is 1.90. The third-order valence-corrected chi connectivity index (χ3v) is 4.99. The molecule has 0 aliphatic heterocycles. The highest BCUT2D eigenvalue weighted by Gasteiger charge is 2.47. The van der Waals surface area contributed by atoms with Gasteiger partial charge in [-0.15, -0.1) is 0 Å². The summed E-state index contributed by atoms with van der Waals surface area (Å²) in [4.78, 5) is 12.6. The van der Waals surface area contributed by atoms with E-state index in [1.54, 1.807) is 0 Å². The number of carbonyl (C=O) groups excluding carboxylic acids is 1. The summed E-state index contributed by atoms with van der Waals surface area (Å²) in [6.45, 7) is 3.03. The van der Waals surface area contributed by atoms with E-state index in [1.165, 1.54) is 25.7 Å². The fraction of sp³-hybridized carbons (Fsp3) is 0.846. The molecule has 0 atom stereocenters. The molecule has 1 amide bonds. The van der Waals surface area contributed by atoms with Crippen molar-refractivity contribution in [1.82, 2.24) is 5.32 Å². The highest BCUT2D eigenvalue weighted by molar-refractivity contribution is 7.80. The van der Waals surface area contributed by atoms with E-state index < -0.39 is 5.41 Å². The zero-order chi connectivity index (χ0) is 12.5. The summed E-state index contributed by atoms with van der Waals surface area (Å²) in [5.41, 5.74) is 5.49.